The molecule has 216 valence electrons. The Morgan fingerprint density at radius 2 is 1.90 bits per heavy atom. The number of allylic oxidation sites excluding steroid dienone is 2. The molecule has 40 heavy (non-hydrogen) atoms. The van der Waals surface area contributed by atoms with Crippen molar-refractivity contribution in [1.29, 1.82) is 0 Å². The summed E-state index contributed by atoms with van der Waals surface area (Å²) in [6, 6.07) is 8.19. The van der Waals surface area contributed by atoms with Gasteiger partial charge in [0.05, 0.1) is 13.2 Å². The van der Waals surface area contributed by atoms with Gasteiger partial charge in [-0.05, 0) is 91.0 Å². The Morgan fingerprint density at radius 1 is 1.10 bits per heavy atom. The van der Waals surface area contributed by atoms with E-state index in [-0.39, 0.29) is 22.9 Å². The molecular weight excluding hydrogens is 502 g/mol. The predicted octanol–water partition coefficient (Wildman–Crippen LogP) is 5.85. The van der Waals surface area contributed by atoms with Crippen LogP contribution in [0.25, 0.3) is 6.08 Å². The maximum Gasteiger partial charge on any atom is 0.302 e. The molecule has 0 N–H and O–H groups in total. The molecule has 6 heteroatoms. The molecule has 6 atom stereocenters. The second-order valence-electron chi connectivity index (χ2n) is 13.3. The van der Waals surface area contributed by atoms with Crippen molar-refractivity contribution in [2.24, 2.45) is 28.6 Å². The lowest BCUT2D eigenvalue weighted by atomic mass is 9.48. The Balaban J connectivity index is 1.15. The number of Topliss-reactive ketones (excluding diaryl/α,β-unsaturated/α-hetero) is 1. The highest BCUT2D eigenvalue weighted by Gasteiger charge is 2.60. The Morgan fingerprint density at radius 3 is 2.70 bits per heavy atom. The van der Waals surface area contributed by atoms with E-state index in [9.17, 15) is 9.59 Å². The molecule has 0 bridgehead atoms. The molecule has 1 saturated heterocycles. The summed E-state index contributed by atoms with van der Waals surface area (Å²) in [7, 11) is 0. The zero-order chi connectivity index (χ0) is 27.9. The zero-order valence-electron chi connectivity index (χ0n) is 24.5. The minimum absolute atomic E-state index is 0.0175. The maximum absolute atomic E-state index is 13.9. The molecule has 0 amide bonds. The van der Waals surface area contributed by atoms with Gasteiger partial charge in [0.2, 0.25) is 0 Å². The smallest absolute Gasteiger partial charge is 0.302 e. The van der Waals surface area contributed by atoms with Crippen LogP contribution in [-0.2, 0) is 19.1 Å². The molecule has 4 aliphatic carbocycles. The number of fused-ring (bicyclic) bond motifs is 5. The molecule has 1 aromatic rings. The molecule has 1 aliphatic heterocycles. The first-order valence-corrected chi connectivity index (χ1v) is 15.4. The van der Waals surface area contributed by atoms with E-state index in [1.165, 1.54) is 12.5 Å². The zero-order valence-corrected chi connectivity index (χ0v) is 24.5. The van der Waals surface area contributed by atoms with Gasteiger partial charge in [-0.25, -0.2) is 0 Å². The molecule has 4 fully saturated rings. The number of carbonyl (C=O) groups is 2. The van der Waals surface area contributed by atoms with Crippen molar-refractivity contribution < 1.29 is 23.8 Å². The largest absolute Gasteiger partial charge is 0.492 e. The van der Waals surface area contributed by atoms with Crippen LogP contribution in [0.5, 0.6) is 5.75 Å². The number of morpholine rings is 1. The van der Waals surface area contributed by atoms with Crippen molar-refractivity contribution in [2.45, 2.75) is 71.8 Å². The van der Waals surface area contributed by atoms with Gasteiger partial charge in [-0.3, -0.25) is 14.5 Å². The van der Waals surface area contributed by atoms with E-state index in [4.69, 9.17) is 14.2 Å². The number of carbonyl (C=O) groups excluding carboxylic acids is 2. The normalized spacial score (nSPS) is 36.8. The van der Waals surface area contributed by atoms with Gasteiger partial charge < -0.3 is 14.2 Å². The Kier molecular flexibility index (Phi) is 7.69. The van der Waals surface area contributed by atoms with Crippen molar-refractivity contribution in [3.05, 3.63) is 47.1 Å². The average Bonchev–Trinajstić information content (AvgIpc) is 3.19. The monoisotopic (exact) mass is 547 g/mol. The van der Waals surface area contributed by atoms with E-state index in [2.05, 4.69) is 43.0 Å². The fraction of sp³-hybridized carbons (Fsp3) is 0.647. The lowest BCUT2D eigenvalue weighted by Gasteiger charge is -2.56. The quantitative estimate of drug-likeness (QED) is 0.253. The number of rotatable bonds is 6. The summed E-state index contributed by atoms with van der Waals surface area (Å²) in [6.07, 6.45) is 11.5. The molecular formula is C34H45NO5. The molecule has 6 rings (SSSR count). The van der Waals surface area contributed by atoms with Crippen LogP contribution in [0.15, 0.2) is 41.5 Å². The molecule has 5 aliphatic rings. The van der Waals surface area contributed by atoms with Crippen molar-refractivity contribution in [2.75, 3.05) is 39.5 Å². The molecule has 0 radical (unpaired) electrons. The number of ketones is 1. The van der Waals surface area contributed by atoms with E-state index >= 15 is 0 Å². The third-order valence-electron chi connectivity index (χ3n) is 11.0. The van der Waals surface area contributed by atoms with Crippen LogP contribution in [0.1, 0.15) is 71.3 Å². The Bertz CT molecular complexity index is 1200. The number of hydrogen-bond acceptors (Lipinski definition) is 6. The maximum atomic E-state index is 13.9. The third-order valence-corrected chi connectivity index (χ3v) is 11.0. The summed E-state index contributed by atoms with van der Waals surface area (Å²) >= 11 is 0. The first kappa shape index (κ1) is 27.7. The first-order chi connectivity index (χ1) is 19.3. The topological polar surface area (TPSA) is 65.1 Å². The fourth-order valence-corrected chi connectivity index (χ4v) is 8.77. The van der Waals surface area contributed by atoms with E-state index in [0.717, 1.165) is 94.7 Å². The van der Waals surface area contributed by atoms with Crippen LogP contribution in [0.3, 0.4) is 0 Å². The first-order valence-electron chi connectivity index (χ1n) is 15.4. The molecule has 1 aromatic carbocycles. The molecule has 0 unspecified atom stereocenters. The van der Waals surface area contributed by atoms with E-state index < -0.39 is 0 Å². The number of esters is 1. The van der Waals surface area contributed by atoms with Gasteiger partial charge in [0.25, 0.3) is 0 Å². The van der Waals surface area contributed by atoms with Gasteiger partial charge >= 0.3 is 5.97 Å². The van der Waals surface area contributed by atoms with Crippen molar-refractivity contribution in [3.8, 4) is 5.75 Å². The van der Waals surface area contributed by atoms with Gasteiger partial charge in [0, 0.05) is 38.4 Å². The Labute approximate surface area is 239 Å². The summed E-state index contributed by atoms with van der Waals surface area (Å²) in [4.78, 5) is 27.8. The van der Waals surface area contributed by atoms with Gasteiger partial charge in [0.15, 0.2) is 5.78 Å². The predicted molar refractivity (Wildman–Crippen MR) is 155 cm³/mol. The number of nitrogens with zero attached hydrogens (tertiary/aromatic N) is 1. The summed E-state index contributed by atoms with van der Waals surface area (Å²) in [5, 5.41) is 0. The van der Waals surface area contributed by atoms with Gasteiger partial charge in [-0.2, -0.15) is 0 Å². The lowest BCUT2D eigenvalue weighted by molar-refractivity contribution is -0.148. The van der Waals surface area contributed by atoms with Crippen molar-refractivity contribution >= 4 is 17.8 Å². The second kappa shape index (κ2) is 11.1. The van der Waals surface area contributed by atoms with E-state index in [0.29, 0.717) is 30.1 Å². The molecule has 0 spiro atoms. The van der Waals surface area contributed by atoms with Crippen molar-refractivity contribution in [3.63, 3.8) is 0 Å². The minimum atomic E-state index is -0.268. The Hall–Kier alpha value is -2.44. The number of ether oxygens (including phenoxy) is 3. The van der Waals surface area contributed by atoms with E-state index in [1.54, 1.807) is 0 Å². The van der Waals surface area contributed by atoms with Crippen molar-refractivity contribution in [1.82, 2.24) is 4.90 Å². The summed E-state index contributed by atoms with van der Waals surface area (Å²) in [5.74, 6) is 2.55. The van der Waals surface area contributed by atoms with Crippen LogP contribution in [0.2, 0.25) is 0 Å². The molecule has 1 heterocycles. The van der Waals surface area contributed by atoms with Crippen LogP contribution in [0.4, 0.5) is 0 Å². The van der Waals surface area contributed by atoms with Gasteiger partial charge in [0.1, 0.15) is 18.5 Å². The van der Waals surface area contributed by atoms with Gasteiger partial charge in [-0.15, -0.1) is 0 Å². The molecule has 0 aromatic heterocycles. The number of benzene rings is 1. The fourth-order valence-electron chi connectivity index (χ4n) is 8.77. The van der Waals surface area contributed by atoms with Crippen LogP contribution in [-0.4, -0.2) is 62.2 Å². The number of hydrogen-bond donors (Lipinski definition) is 0. The minimum Gasteiger partial charge on any atom is -0.492 e. The highest BCUT2D eigenvalue weighted by atomic mass is 16.5. The van der Waals surface area contributed by atoms with Crippen LogP contribution < -0.4 is 4.74 Å². The highest BCUT2D eigenvalue weighted by Crippen LogP contribution is 2.64. The third kappa shape index (κ3) is 5.18. The summed E-state index contributed by atoms with van der Waals surface area (Å²) in [5.41, 5.74) is 3.41. The van der Waals surface area contributed by atoms with Crippen LogP contribution in [0, 0.1) is 28.6 Å². The lowest BCUT2D eigenvalue weighted by Crippen LogP contribution is -2.50. The summed E-state index contributed by atoms with van der Waals surface area (Å²) < 4.78 is 17.1. The SMILES string of the molecule is CC(=O)O[C@H]1CC[C@@]2(C)C(=CC[C@@H]3[C@@H]2CC[C@]2(C)C(=O)/C(=C/c4cccc(OCCN5CCOCC5)c4)C[C@@H]32)C1. The standard InChI is InChI=1S/C34H45NO5/c1-23(36)40-28-9-11-33(2)26(22-28)7-8-29-30(33)10-12-34(3)31(29)21-25(32(34)37)19-24-5-4-6-27(20-24)39-18-15-35-13-16-38-17-14-35/h4-7,19-20,28-31H,8-18,21-22H2,1-3H3/b25-19+/t28-,29+,30-,31-,33-,34-/m0/s1. The van der Waals surface area contributed by atoms with E-state index in [1.807, 2.05) is 12.1 Å². The average molecular weight is 548 g/mol. The second-order valence-corrected chi connectivity index (χ2v) is 13.3. The molecule has 3 saturated carbocycles. The van der Waals surface area contributed by atoms with Gasteiger partial charge in [-0.1, -0.05) is 37.6 Å². The van der Waals surface area contributed by atoms with Crippen LogP contribution >= 0.6 is 0 Å². The molecule has 6 nitrogen and oxygen atoms in total. The highest BCUT2D eigenvalue weighted by molar-refractivity contribution is 6.06. The summed E-state index contributed by atoms with van der Waals surface area (Å²) in [6.45, 7) is 11.3.